The minimum absolute atomic E-state index is 0.0967. The van der Waals surface area contributed by atoms with Gasteiger partial charge in [-0.1, -0.05) is 0 Å². The molecule has 2 fully saturated rings. The lowest BCUT2D eigenvalue weighted by molar-refractivity contribution is 0.0594. The van der Waals surface area contributed by atoms with E-state index in [0.717, 1.165) is 25.7 Å². The summed E-state index contributed by atoms with van der Waals surface area (Å²) in [6.45, 7) is 0.587. The molecule has 0 aliphatic heterocycles. The number of fused-ring (bicyclic) bond motifs is 1. The molecule has 6 nitrogen and oxygen atoms in total. The third kappa shape index (κ3) is 2.96. The van der Waals surface area contributed by atoms with Crippen LogP contribution in [0.1, 0.15) is 42.1 Å². The Morgan fingerprint density at radius 1 is 1.43 bits per heavy atom. The van der Waals surface area contributed by atoms with Crippen molar-refractivity contribution in [2.75, 3.05) is 14.2 Å². The number of ether oxygens (including phenoxy) is 1. The van der Waals surface area contributed by atoms with Gasteiger partial charge in [-0.25, -0.2) is 9.78 Å². The molecule has 0 radical (unpaired) electrons. The van der Waals surface area contributed by atoms with Gasteiger partial charge in [-0.15, -0.1) is 0 Å². The van der Waals surface area contributed by atoms with Gasteiger partial charge in [0.1, 0.15) is 6.26 Å². The first-order chi connectivity index (χ1) is 10.1. The van der Waals surface area contributed by atoms with Crippen LogP contribution in [0.5, 0.6) is 0 Å². The highest BCUT2D eigenvalue weighted by Crippen LogP contribution is 2.45. The van der Waals surface area contributed by atoms with Gasteiger partial charge in [0.15, 0.2) is 5.69 Å². The van der Waals surface area contributed by atoms with Gasteiger partial charge in [0, 0.05) is 6.04 Å². The SMILES string of the molecule is COC(=O)c1coc(CN(C)C2C[C@H]3CC(O)C[C@H]3C2)n1. The lowest BCUT2D eigenvalue weighted by atomic mass is 10.0. The summed E-state index contributed by atoms with van der Waals surface area (Å²) in [7, 11) is 3.39. The molecule has 3 rings (SSSR count). The predicted octanol–water partition coefficient (Wildman–Crippen LogP) is 1.44. The second-order valence-electron chi connectivity index (χ2n) is 6.30. The van der Waals surface area contributed by atoms with Crippen molar-refractivity contribution in [1.29, 1.82) is 0 Å². The summed E-state index contributed by atoms with van der Waals surface area (Å²) in [5.74, 6) is 1.37. The fraction of sp³-hybridized carbons (Fsp3) is 0.733. The van der Waals surface area contributed by atoms with Crippen molar-refractivity contribution < 1.29 is 19.1 Å². The molecule has 2 aliphatic carbocycles. The van der Waals surface area contributed by atoms with Crippen LogP contribution in [0.25, 0.3) is 0 Å². The zero-order chi connectivity index (χ0) is 15.0. The Bertz CT molecular complexity index is 502. The fourth-order valence-electron chi connectivity index (χ4n) is 3.84. The van der Waals surface area contributed by atoms with E-state index in [-0.39, 0.29) is 11.8 Å². The molecule has 6 heteroatoms. The van der Waals surface area contributed by atoms with E-state index in [9.17, 15) is 9.90 Å². The highest BCUT2D eigenvalue weighted by Gasteiger charge is 2.42. The summed E-state index contributed by atoms with van der Waals surface area (Å²) in [6, 6.07) is 0.501. The smallest absolute Gasteiger partial charge is 0.360 e. The molecule has 2 saturated carbocycles. The van der Waals surface area contributed by atoms with Gasteiger partial charge in [0.2, 0.25) is 5.89 Å². The summed E-state index contributed by atoms with van der Waals surface area (Å²) in [6.07, 6.45) is 5.39. The third-order valence-corrected chi connectivity index (χ3v) is 4.92. The zero-order valence-electron chi connectivity index (χ0n) is 12.5. The number of rotatable bonds is 4. The van der Waals surface area contributed by atoms with Crippen LogP contribution in [-0.4, -0.2) is 47.3 Å². The van der Waals surface area contributed by atoms with Gasteiger partial charge in [0.05, 0.1) is 19.8 Å². The van der Waals surface area contributed by atoms with E-state index >= 15 is 0 Å². The molecule has 0 saturated heterocycles. The molecule has 1 N–H and O–H groups in total. The van der Waals surface area contributed by atoms with Crippen LogP contribution in [0, 0.1) is 11.8 Å². The normalized spacial score (nSPS) is 31.6. The number of aromatic nitrogens is 1. The van der Waals surface area contributed by atoms with Crippen LogP contribution in [-0.2, 0) is 11.3 Å². The Labute approximate surface area is 124 Å². The number of hydrogen-bond donors (Lipinski definition) is 1. The van der Waals surface area contributed by atoms with Crippen molar-refractivity contribution in [2.24, 2.45) is 11.8 Å². The molecule has 4 atom stereocenters. The molecule has 1 aromatic heterocycles. The number of carbonyl (C=O) groups excluding carboxylic acids is 1. The maximum atomic E-state index is 11.3. The summed E-state index contributed by atoms with van der Waals surface area (Å²) < 4.78 is 9.95. The lowest BCUT2D eigenvalue weighted by Gasteiger charge is -2.23. The van der Waals surface area contributed by atoms with Crippen molar-refractivity contribution in [3.63, 3.8) is 0 Å². The van der Waals surface area contributed by atoms with E-state index in [1.165, 1.54) is 13.4 Å². The van der Waals surface area contributed by atoms with E-state index in [2.05, 4.69) is 21.7 Å². The van der Waals surface area contributed by atoms with E-state index in [4.69, 9.17) is 4.42 Å². The summed E-state index contributed by atoms with van der Waals surface area (Å²) in [5, 5.41) is 9.69. The standard InChI is InChI=1S/C15H22N2O4/c1-17(7-14-16-13(8-21-14)15(19)20-2)11-3-9-5-12(18)6-10(9)4-11/h8-12,18H,3-7H2,1-2H3/t9-,10+,11?,12?. The number of hydrogen-bond acceptors (Lipinski definition) is 6. The molecule has 2 unspecified atom stereocenters. The van der Waals surface area contributed by atoms with Gasteiger partial charge < -0.3 is 14.3 Å². The number of aliphatic hydroxyl groups is 1. The van der Waals surface area contributed by atoms with Gasteiger partial charge >= 0.3 is 5.97 Å². The second kappa shape index (κ2) is 5.77. The van der Waals surface area contributed by atoms with Gasteiger partial charge in [0.25, 0.3) is 0 Å². The molecule has 0 amide bonds. The highest BCUT2D eigenvalue weighted by molar-refractivity contribution is 5.86. The molecule has 1 aromatic rings. The molecule has 1 heterocycles. The van der Waals surface area contributed by atoms with E-state index in [1.54, 1.807) is 0 Å². The van der Waals surface area contributed by atoms with Crippen LogP contribution >= 0.6 is 0 Å². The average molecular weight is 294 g/mol. The van der Waals surface area contributed by atoms with Crippen molar-refractivity contribution in [2.45, 2.75) is 44.4 Å². The quantitative estimate of drug-likeness (QED) is 0.847. The maximum absolute atomic E-state index is 11.3. The van der Waals surface area contributed by atoms with Crippen molar-refractivity contribution in [1.82, 2.24) is 9.88 Å². The average Bonchev–Trinajstić information content (AvgIpc) is 3.11. The largest absolute Gasteiger partial charge is 0.464 e. The molecule has 2 aliphatic rings. The van der Waals surface area contributed by atoms with E-state index in [1.807, 2.05) is 0 Å². The lowest BCUT2D eigenvalue weighted by Crippen LogP contribution is -2.30. The second-order valence-corrected chi connectivity index (χ2v) is 6.30. The minimum Gasteiger partial charge on any atom is -0.464 e. The van der Waals surface area contributed by atoms with Gasteiger partial charge in [-0.05, 0) is 44.6 Å². The van der Waals surface area contributed by atoms with Crippen molar-refractivity contribution >= 4 is 5.97 Å². The molecular formula is C15H22N2O4. The first-order valence-electron chi connectivity index (χ1n) is 7.47. The fourth-order valence-corrected chi connectivity index (χ4v) is 3.84. The van der Waals surface area contributed by atoms with Crippen LogP contribution < -0.4 is 0 Å². The molecule has 0 aromatic carbocycles. The number of aliphatic hydroxyl groups excluding tert-OH is 1. The number of methoxy groups -OCH3 is 1. The first-order valence-corrected chi connectivity index (χ1v) is 7.47. The number of nitrogens with zero attached hydrogens (tertiary/aromatic N) is 2. The van der Waals surface area contributed by atoms with Crippen molar-refractivity contribution in [3.8, 4) is 0 Å². The number of esters is 1. The summed E-state index contributed by atoms with van der Waals surface area (Å²) in [4.78, 5) is 17.7. The maximum Gasteiger partial charge on any atom is 0.360 e. The first kappa shape index (κ1) is 14.5. The Hall–Kier alpha value is -1.40. The third-order valence-electron chi connectivity index (χ3n) is 4.92. The van der Waals surface area contributed by atoms with Gasteiger partial charge in [-0.3, -0.25) is 4.90 Å². The monoisotopic (exact) mass is 294 g/mol. The Balaban J connectivity index is 1.56. The number of carbonyl (C=O) groups is 1. The number of oxazole rings is 1. The zero-order valence-corrected chi connectivity index (χ0v) is 12.5. The van der Waals surface area contributed by atoms with E-state index in [0.29, 0.717) is 30.3 Å². The summed E-state index contributed by atoms with van der Waals surface area (Å²) >= 11 is 0. The minimum atomic E-state index is -0.475. The molecule has 21 heavy (non-hydrogen) atoms. The Morgan fingerprint density at radius 3 is 2.71 bits per heavy atom. The van der Waals surface area contributed by atoms with E-state index < -0.39 is 5.97 Å². The Morgan fingerprint density at radius 2 is 2.10 bits per heavy atom. The van der Waals surface area contributed by atoms with Crippen LogP contribution in [0.3, 0.4) is 0 Å². The highest BCUT2D eigenvalue weighted by atomic mass is 16.5. The molecule has 0 bridgehead atoms. The van der Waals surface area contributed by atoms with Gasteiger partial charge in [-0.2, -0.15) is 0 Å². The summed E-state index contributed by atoms with van der Waals surface area (Å²) in [5.41, 5.74) is 0.215. The topological polar surface area (TPSA) is 75.8 Å². The molecular weight excluding hydrogens is 272 g/mol. The molecule has 116 valence electrons. The molecule has 0 spiro atoms. The van der Waals surface area contributed by atoms with Crippen LogP contribution in [0.2, 0.25) is 0 Å². The van der Waals surface area contributed by atoms with Crippen LogP contribution in [0.15, 0.2) is 10.7 Å². The van der Waals surface area contributed by atoms with Crippen LogP contribution in [0.4, 0.5) is 0 Å². The Kier molecular flexibility index (Phi) is 3.99. The van der Waals surface area contributed by atoms with Crippen molar-refractivity contribution in [3.05, 3.63) is 17.8 Å². The predicted molar refractivity (Wildman–Crippen MR) is 74.6 cm³/mol.